The minimum absolute atomic E-state index is 0.282. The lowest BCUT2D eigenvalue weighted by Gasteiger charge is -2.29. The predicted octanol–water partition coefficient (Wildman–Crippen LogP) is 1.72. The molecule has 1 aromatic rings. The van der Waals surface area contributed by atoms with Gasteiger partial charge < -0.3 is 20.2 Å². The molecule has 104 valence electrons. The predicted molar refractivity (Wildman–Crippen MR) is 67.5 cm³/mol. The van der Waals surface area contributed by atoms with E-state index in [-0.39, 0.29) is 12.1 Å². The monoisotopic (exact) mass is 266 g/mol. The number of carbonyl (C=O) groups excluding carboxylic acids is 1. The Morgan fingerprint density at radius 2 is 2.16 bits per heavy atom. The van der Waals surface area contributed by atoms with Crippen molar-refractivity contribution in [3.63, 3.8) is 0 Å². The zero-order valence-corrected chi connectivity index (χ0v) is 10.6. The number of urea groups is 1. The lowest BCUT2D eigenvalue weighted by Crippen LogP contribution is -2.48. The molecular formula is C13H18N2O4. The van der Waals surface area contributed by atoms with Crippen molar-refractivity contribution >= 4 is 12.0 Å². The molecular weight excluding hydrogens is 248 g/mol. The number of carboxylic acids is 1. The molecule has 3 N–H and O–H groups in total. The average molecular weight is 266 g/mol. The van der Waals surface area contributed by atoms with Crippen LogP contribution in [0.15, 0.2) is 23.0 Å². The van der Waals surface area contributed by atoms with E-state index in [9.17, 15) is 9.59 Å². The van der Waals surface area contributed by atoms with Crippen LogP contribution in [0.1, 0.15) is 31.2 Å². The van der Waals surface area contributed by atoms with E-state index in [1.54, 1.807) is 12.3 Å². The maximum atomic E-state index is 11.7. The van der Waals surface area contributed by atoms with Crippen molar-refractivity contribution in [1.29, 1.82) is 0 Å². The maximum absolute atomic E-state index is 11.7. The van der Waals surface area contributed by atoms with E-state index in [4.69, 9.17) is 9.52 Å². The van der Waals surface area contributed by atoms with Crippen LogP contribution in [0.4, 0.5) is 4.79 Å². The van der Waals surface area contributed by atoms with E-state index in [0.29, 0.717) is 13.0 Å². The van der Waals surface area contributed by atoms with Crippen molar-refractivity contribution in [2.45, 2.75) is 38.3 Å². The molecule has 1 fully saturated rings. The Bertz CT molecular complexity index is 430. The summed E-state index contributed by atoms with van der Waals surface area (Å²) in [4.78, 5) is 22.8. The van der Waals surface area contributed by atoms with Gasteiger partial charge in [0.05, 0.1) is 18.4 Å². The molecule has 2 unspecified atom stereocenters. The second kappa shape index (κ2) is 6.26. The largest absolute Gasteiger partial charge is 0.481 e. The lowest BCUT2D eigenvalue weighted by molar-refractivity contribution is -0.143. The van der Waals surface area contributed by atoms with Crippen molar-refractivity contribution in [1.82, 2.24) is 10.6 Å². The third-order valence-corrected chi connectivity index (χ3v) is 3.43. The highest BCUT2D eigenvalue weighted by Crippen LogP contribution is 2.24. The molecule has 6 nitrogen and oxygen atoms in total. The van der Waals surface area contributed by atoms with Gasteiger partial charge in [0.25, 0.3) is 0 Å². The van der Waals surface area contributed by atoms with Gasteiger partial charge in [0.15, 0.2) is 0 Å². The smallest absolute Gasteiger partial charge is 0.315 e. The van der Waals surface area contributed by atoms with Gasteiger partial charge in [-0.2, -0.15) is 0 Å². The van der Waals surface area contributed by atoms with Gasteiger partial charge in [0.1, 0.15) is 0 Å². The molecule has 1 aliphatic carbocycles. The Morgan fingerprint density at radius 3 is 2.84 bits per heavy atom. The minimum Gasteiger partial charge on any atom is -0.481 e. The number of nitrogens with one attached hydrogen (secondary N) is 2. The number of hydrogen-bond donors (Lipinski definition) is 3. The molecule has 1 heterocycles. The number of carbonyl (C=O) groups is 2. The molecule has 2 rings (SSSR count). The van der Waals surface area contributed by atoms with Crippen LogP contribution in [0, 0.1) is 5.92 Å². The van der Waals surface area contributed by atoms with Crippen molar-refractivity contribution in [3.05, 3.63) is 24.2 Å². The summed E-state index contributed by atoms with van der Waals surface area (Å²) in [5.41, 5.74) is 0.869. The van der Waals surface area contributed by atoms with E-state index in [2.05, 4.69) is 10.6 Å². The van der Waals surface area contributed by atoms with Gasteiger partial charge in [-0.05, 0) is 18.9 Å². The van der Waals surface area contributed by atoms with E-state index in [0.717, 1.165) is 24.8 Å². The van der Waals surface area contributed by atoms with Crippen LogP contribution in [-0.2, 0) is 11.3 Å². The molecule has 1 aliphatic rings. The Morgan fingerprint density at radius 1 is 1.37 bits per heavy atom. The summed E-state index contributed by atoms with van der Waals surface area (Å²) in [6, 6.07) is 1.15. The minimum atomic E-state index is -0.833. The first-order valence-corrected chi connectivity index (χ1v) is 6.45. The topological polar surface area (TPSA) is 91.6 Å². The second-order valence-corrected chi connectivity index (χ2v) is 4.79. The van der Waals surface area contributed by atoms with Crippen molar-refractivity contribution in [2.24, 2.45) is 5.92 Å². The molecule has 0 radical (unpaired) electrons. The fourth-order valence-corrected chi connectivity index (χ4v) is 2.39. The Kier molecular flexibility index (Phi) is 4.43. The van der Waals surface area contributed by atoms with Crippen LogP contribution >= 0.6 is 0 Å². The summed E-state index contributed by atoms with van der Waals surface area (Å²) in [5.74, 6) is -1.31. The van der Waals surface area contributed by atoms with Gasteiger partial charge in [0, 0.05) is 18.2 Å². The molecule has 2 amide bonds. The number of amides is 2. The van der Waals surface area contributed by atoms with Gasteiger partial charge in [-0.15, -0.1) is 0 Å². The molecule has 2 atom stereocenters. The highest BCUT2D eigenvalue weighted by atomic mass is 16.4. The van der Waals surface area contributed by atoms with Crippen LogP contribution in [0.5, 0.6) is 0 Å². The van der Waals surface area contributed by atoms with Crippen molar-refractivity contribution in [2.75, 3.05) is 0 Å². The summed E-state index contributed by atoms with van der Waals surface area (Å²) in [7, 11) is 0. The SMILES string of the molecule is O=C(NCc1ccoc1)NC1CCCCC1C(=O)O. The van der Waals surface area contributed by atoms with E-state index in [1.165, 1.54) is 6.26 Å². The fraction of sp³-hybridized carbons (Fsp3) is 0.538. The third-order valence-electron chi connectivity index (χ3n) is 3.43. The third kappa shape index (κ3) is 3.74. The molecule has 0 spiro atoms. The van der Waals surface area contributed by atoms with E-state index in [1.807, 2.05) is 0 Å². The summed E-state index contributed by atoms with van der Waals surface area (Å²) < 4.78 is 4.90. The van der Waals surface area contributed by atoms with E-state index < -0.39 is 11.9 Å². The normalized spacial score (nSPS) is 22.7. The standard InChI is InChI=1S/C13H18N2O4/c16-12(17)10-3-1-2-4-11(10)15-13(18)14-7-9-5-6-19-8-9/h5-6,8,10-11H,1-4,7H2,(H,16,17)(H2,14,15,18). The Balaban J connectivity index is 1.81. The second-order valence-electron chi connectivity index (χ2n) is 4.79. The van der Waals surface area contributed by atoms with Crippen LogP contribution in [0.3, 0.4) is 0 Å². The fourth-order valence-electron chi connectivity index (χ4n) is 2.39. The first-order chi connectivity index (χ1) is 9.16. The molecule has 1 aromatic heterocycles. The summed E-state index contributed by atoms with van der Waals surface area (Å²) >= 11 is 0. The van der Waals surface area contributed by atoms with Crippen molar-refractivity contribution in [3.8, 4) is 0 Å². The number of hydrogen-bond acceptors (Lipinski definition) is 3. The summed E-state index contributed by atoms with van der Waals surface area (Å²) in [5, 5.41) is 14.6. The molecule has 1 saturated carbocycles. The molecule has 6 heteroatoms. The van der Waals surface area contributed by atoms with Crippen LogP contribution in [-0.4, -0.2) is 23.1 Å². The zero-order chi connectivity index (χ0) is 13.7. The highest BCUT2D eigenvalue weighted by Gasteiger charge is 2.31. The number of carboxylic acid groups (broad SMARTS) is 1. The molecule has 0 aliphatic heterocycles. The summed E-state index contributed by atoms with van der Waals surface area (Å²) in [6.45, 7) is 0.368. The quantitative estimate of drug-likeness (QED) is 0.773. The maximum Gasteiger partial charge on any atom is 0.315 e. The van der Waals surface area contributed by atoms with Crippen LogP contribution in [0.2, 0.25) is 0 Å². The number of furan rings is 1. The molecule has 19 heavy (non-hydrogen) atoms. The van der Waals surface area contributed by atoms with Gasteiger partial charge in [-0.1, -0.05) is 12.8 Å². The number of rotatable bonds is 4. The van der Waals surface area contributed by atoms with Gasteiger partial charge in [-0.3, -0.25) is 4.79 Å². The Labute approximate surface area is 111 Å². The van der Waals surface area contributed by atoms with Crippen LogP contribution in [0.25, 0.3) is 0 Å². The molecule has 0 saturated heterocycles. The molecule has 0 aromatic carbocycles. The van der Waals surface area contributed by atoms with Crippen molar-refractivity contribution < 1.29 is 19.1 Å². The first-order valence-electron chi connectivity index (χ1n) is 6.45. The van der Waals surface area contributed by atoms with Gasteiger partial charge in [-0.25, -0.2) is 4.79 Å². The van der Waals surface area contributed by atoms with Gasteiger partial charge in [0.2, 0.25) is 0 Å². The van der Waals surface area contributed by atoms with Gasteiger partial charge >= 0.3 is 12.0 Å². The number of aliphatic carboxylic acids is 1. The Hall–Kier alpha value is -1.98. The summed E-state index contributed by atoms with van der Waals surface area (Å²) in [6.07, 6.45) is 6.30. The highest BCUT2D eigenvalue weighted by molar-refractivity contribution is 5.76. The zero-order valence-electron chi connectivity index (χ0n) is 10.6. The molecule has 0 bridgehead atoms. The van der Waals surface area contributed by atoms with E-state index >= 15 is 0 Å². The van der Waals surface area contributed by atoms with Crippen LogP contribution < -0.4 is 10.6 Å². The lowest BCUT2D eigenvalue weighted by atomic mass is 9.84. The average Bonchev–Trinajstić information content (AvgIpc) is 2.90. The first kappa shape index (κ1) is 13.5.